The van der Waals surface area contributed by atoms with Crippen LogP contribution in [0.5, 0.6) is 5.75 Å². The van der Waals surface area contributed by atoms with Gasteiger partial charge in [-0.3, -0.25) is 20.4 Å². The number of hydrogen-bond donors (Lipinski definition) is 2. The van der Waals surface area contributed by atoms with Gasteiger partial charge in [-0.1, -0.05) is 0 Å². The van der Waals surface area contributed by atoms with Crippen LogP contribution in [-0.2, 0) is 0 Å². The van der Waals surface area contributed by atoms with Crippen molar-refractivity contribution in [2.24, 2.45) is 0 Å². The Hall–Kier alpha value is -1.78. The van der Waals surface area contributed by atoms with Gasteiger partial charge in [-0.15, -0.1) is 0 Å². The Balaban J connectivity index is 3.87. The molecule has 0 amide bonds. The highest BCUT2D eigenvalue weighted by Crippen LogP contribution is 1.90. The minimum Gasteiger partial charge on any atom is -0.492 e. The lowest BCUT2D eigenvalue weighted by Gasteiger charge is -1.93. The zero-order chi connectivity index (χ0) is 9.30. The Bertz CT molecular complexity index is 497. The lowest BCUT2D eigenvalue weighted by molar-refractivity contribution is 0.409. The molecule has 0 unspecified atom stereocenters. The molecule has 0 heterocycles. The Labute approximate surface area is 66.6 Å². The second-order valence-corrected chi connectivity index (χ2v) is 2.16. The van der Waals surface area contributed by atoms with E-state index in [2.05, 4.69) is 4.74 Å². The van der Waals surface area contributed by atoms with E-state index >= 15 is 0 Å². The highest BCUT2D eigenvalue weighted by Gasteiger charge is 2.04. The molecule has 62 valence electrons. The van der Waals surface area contributed by atoms with Gasteiger partial charge in [0.05, 0.1) is 7.11 Å². The first-order valence-electron chi connectivity index (χ1n) is 3.10. The number of benzene rings is 1. The van der Waals surface area contributed by atoms with E-state index in [0.717, 1.165) is 6.07 Å². The fraction of sp³-hybridized carbons (Fsp3) is 0.143. The van der Waals surface area contributed by atoms with Gasteiger partial charge in [-0.05, 0) is 0 Å². The summed E-state index contributed by atoms with van der Waals surface area (Å²) in [5.74, 6) is -0.180. The number of hydrogen-bond acceptors (Lipinski definition) is 5. The lowest BCUT2D eigenvalue weighted by Crippen LogP contribution is -2.46. The number of nitrogens with one attached hydrogen (secondary N) is 2. The van der Waals surface area contributed by atoms with Crippen LogP contribution in [0.3, 0.4) is 0 Å². The molecule has 0 atom stereocenters. The zero-order valence-electron chi connectivity index (χ0n) is 6.30. The summed E-state index contributed by atoms with van der Waals surface area (Å²) in [5.41, 5.74) is -1.39. The van der Waals surface area contributed by atoms with Crippen LogP contribution in [0.2, 0.25) is 0 Å². The highest BCUT2D eigenvalue weighted by atomic mass is 16.5. The van der Waals surface area contributed by atoms with E-state index in [9.17, 15) is 9.59 Å². The summed E-state index contributed by atoms with van der Waals surface area (Å²) in [7, 11) is 1.24. The van der Waals surface area contributed by atoms with Crippen molar-refractivity contribution in [1.29, 1.82) is 10.8 Å². The van der Waals surface area contributed by atoms with E-state index in [1.165, 1.54) is 7.11 Å². The van der Waals surface area contributed by atoms with Crippen LogP contribution >= 0.6 is 0 Å². The second kappa shape index (κ2) is 2.69. The molecule has 0 fully saturated rings. The van der Waals surface area contributed by atoms with Crippen molar-refractivity contribution in [3.05, 3.63) is 37.2 Å². The van der Waals surface area contributed by atoms with E-state index in [1.807, 2.05) is 0 Å². The molecule has 1 rings (SSSR count). The average molecular weight is 166 g/mol. The third-order valence-electron chi connectivity index (χ3n) is 1.43. The minimum atomic E-state index is -0.720. The van der Waals surface area contributed by atoms with Crippen molar-refractivity contribution in [3.63, 3.8) is 0 Å². The molecule has 0 aliphatic rings. The summed E-state index contributed by atoms with van der Waals surface area (Å²) < 4.78 is 4.55. The SMILES string of the molecule is COc1cc(=O)c(=N)c(=N)c1=O. The van der Waals surface area contributed by atoms with Gasteiger partial charge < -0.3 is 4.74 Å². The summed E-state index contributed by atoms with van der Waals surface area (Å²) in [6.07, 6.45) is 0. The molecular formula is C7H6N2O3. The monoisotopic (exact) mass is 166 g/mol. The van der Waals surface area contributed by atoms with Crippen LogP contribution < -0.4 is 26.3 Å². The number of methoxy groups -OCH3 is 1. The van der Waals surface area contributed by atoms with Gasteiger partial charge in [0.15, 0.2) is 5.75 Å². The fourth-order valence-electron chi connectivity index (χ4n) is 0.768. The average Bonchev–Trinajstić information content (AvgIpc) is 2.08. The Kier molecular flexibility index (Phi) is 1.86. The molecule has 0 saturated carbocycles. The van der Waals surface area contributed by atoms with Crippen molar-refractivity contribution < 1.29 is 4.74 Å². The minimum absolute atomic E-state index is 0.180. The van der Waals surface area contributed by atoms with Gasteiger partial charge >= 0.3 is 0 Å². The van der Waals surface area contributed by atoms with E-state index in [-0.39, 0.29) is 5.75 Å². The Morgan fingerprint density at radius 2 is 1.83 bits per heavy atom. The third-order valence-corrected chi connectivity index (χ3v) is 1.43. The smallest absolute Gasteiger partial charge is 0.247 e. The molecule has 0 aliphatic heterocycles. The van der Waals surface area contributed by atoms with Crippen molar-refractivity contribution in [1.82, 2.24) is 0 Å². The van der Waals surface area contributed by atoms with Crippen molar-refractivity contribution in [2.75, 3.05) is 7.11 Å². The van der Waals surface area contributed by atoms with E-state index < -0.39 is 21.6 Å². The van der Waals surface area contributed by atoms with Crippen molar-refractivity contribution >= 4 is 0 Å². The maximum absolute atomic E-state index is 11.0. The fourth-order valence-corrected chi connectivity index (χ4v) is 0.768. The summed E-state index contributed by atoms with van der Waals surface area (Å²) in [4.78, 5) is 21.8. The normalized spacial score (nSPS) is 9.75. The molecule has 2 N–H and O–H groups in total. The topological polar surface area (TPSA) is 91.1 Å². The molecule has 0 radical (unpaired) electrons. The third kappa shape index (κ3) is 1.05. The van der Waals surface area contributed by atoms with Gasteiger partial charge in [0.25, 0.3) is 0 Å². The van der Waals surface area contributed by atoms with Gasteiger partial charge in [0.2, 0.25) is 10.9 Å². The first-order chi connectivity index (χ1) is 5.57. The van der Waals surface area contributed by atoms with E-state index in [1.54, 1.807) is 0 Å². The summed E-state index contributed by atoms with van der Waals surface area (Å²) in [6, 6.07) is 0.919. The van der Waals surface area contributed by atoms with E-state index in [0.29, 0.717) is 0 Å². The van der Waals surface area contributed by atoms with Crippen molar-refractivity contribution in [3.8, 4) is 5.75 Å². The van der Waals surface area contributed by atoms with E-state index in [4.69, 9.17) is 10.8 Å². The standard InChI is InChI=1S/C7H6N2O3/c1-12-4-2-3(10)5(8)6(9)7(4)11/h2,8-9H,1H3. The number of rotatable bonds is 1. The molecule has 0 saturated heterocycles. The Morgan fingerprint density at radius 1 is 1.25 bits per heavy atom. The van der Waals surface area contributed by atoms with Gasteiger partial charge in [0, 0.05) is 6.07 Å². The van der Waals surface area contributed by atoms with Crippen LogP contribution in [0.25, 0.3) is 0 Å². The largest absolute Gasteiger partial charge is 0.492 e. The lowest BCUT2D eigenvalue weighted by atomic mass is 10.3. The van der Waals surface area contributed by atoms with Crippen LogP contribution in [0, 0.1) is 10.8 Å². The van der Waals surface area contributed by atoms with Gasteiger partial charge in [0.1, 0.15) is 10.7 Å². The first-order valence-corrected chi connectivity index (χ1v) is 3.10. The molecular weight excluding hydrogens is 160 g/mol. The molecule has 0 aromatic heterocycles. The number of ether oxygens (including phenoxy) is 1. The summed E-state index contributed by atoms with van der Waals surface area (Å²) in [5, 5.41) is 12.9. The predicted octanol–water partition coefficient (Wildman–Crippen LogP) is -1.75. The molecule has 0 spiro atoms. The van der Waals surface area contributed by atoms with Gasteiger partial charge in [-0.2, -0.15) is 0 Å². The Morgan fingerprint density at radius 3 is 2.33 bits per heavy atom. The van der Waals surface area contributed by atoms with Gasteiger partial charge in [-0.25, -0.2) is 0 Å². The van der Waals surface area contributed by atoms with Crippen LogP contribution in [0.4, 0.5) is 0 Å². The molecule has 5 nitrogen and oxygen atoms in total. The second-order valence-electron chi connectivity index (χ2n) is 2.16. The van der Waals surface area contributed by atoms with Crippen molar-refractivity contribution in [2.45, 2.75) is 0 Å². The van der Waals surface area contributed by atoms with Crippen LogP contribution in [0.15, 0.2) is 15.7 Å². The molecule has 1 aromatic carbocycles. The van der Waals surface area contributed by atoms with Crippen LogP contribution in [-0.4, -0.2) is 7.11 Å². The first kappa shape index (κ1) is 8.32. The summed E-state index contributed by atoms with van der Waals surface area (Å²) >= 11 is 0. The molecule has 0 aliphatic carbocycles. The predicted molar refractivity (Wildman–Crippen MR) is 39.6 cm³/mol. The molecule has 1 aromatic rings. The highest BCUT2D eigenvalue weighted by molar-refractivity contribution is 5.20. The maximum Gasteiger partial charge on any atom is 0.247 e. The summed E-state index contributed by atoms with van der Waals surface area (Å²) in [6.45, 7) is 0. The molecule has 0 bridgehead atoms. The maximum atomic E-state index is 11.0. The molecule has 12 heavy (non-hydrogen) atoms. The zero-order valence-corrected chi connectivity index (χ0v) is 6.30. The quantitative estimate of drug-likeness (QED) is 0.518. The molecule has 5 heteroatoms. The van der Waals surface area contributed by atoms with Crippen LogP contribution in [0.1, 0.15) is 0 Å².